The fourth-order valence-corrected chi connectivity index (χ4v) is 2.56. The molecule has 0 rings (SSSR count). The molecule has 0 aromatic rings. The zero-order valence-corrected chi connectivity index (χ0v) is 12.2. The van der Waals surface area contributed by atoms with E-state index in [9.17, 15) is 8.42 Å². The van der Waals surface area contributed by atoms with Crippen LogP contribution in [0.3, 0.4) is 0 Å². The first kappa shape index (κ1) is 16.9. The van der Waals surface area contributed by atoms with Gasteiger partial charge in [0.25, 0.3) is 0 Å². The Morgan fingerprint density at radius 1 is 1.29 bits per heavy atom. The van der Waals surface area contributed by atoms with Crippen molar-refractivity contribution in [2.24, 2.45) is 5.92 Å². The molecule has 0 amide bonds. The van der Waals surface area contributed by atoms with E-state index < -0.39 is 9.84 Å². The zero-order chi connectivity index (χ0) is 13.1. The number of nitrogens with one attached hydrogen (secondary N) is 1. The van der Waals surface area contributed by atoms with Crippen LogP contribution in [0.2, 0.25) is 0 Å². The highest BCUT2D eigenvalue weighted by Gasteiger charge is 2.10. The summed E-state index contributed by atoms with van der Waals surface area (Å²) in [6, 6.07) is 0. The van der Waals surface area contributed by atoms with Gasteiger partial charge in [0.05, 0.1) is 12.4 Å². The van der Waals surface area contributed by atoms with Crippen LogP contribution in [0.25, 0.3) is 0 Å². The smallest absolute Gasteiger partial charge is 0.150 e. The zero-order valence-electron chi connectivity index (χ0n) is 11.4. The van der Waals surface area contributed by atoms with Gasteiger partial charge in [-0.2, -0.15) is 0 Å². The Kier molecular flexibility index (Phi) is 9.78. The minimum absolute atomic E-state index is 0.260. The molecule has 0 aromatic heterocycles. The Morgan fingerprint density at radius 2 is 2.00 bits per heavy atom. The summed E-state index contributed by atoms with van der Waals surface area (Å²) in [4.78, 5) is 0. The average molecular weight is 265 g/mol. The number of methoxy groups -OCH3 is 1. The van der Waals surface area contributed by atoms with Gasteiger partial charge in [-0.05, 0) is 25.3 Å². The molecule has 0 fully saturated rings. The Bertz CT molecular complexity index is 265. The Hall–Kier alpha value is -0.130. The van der Waals surface area contributed by atoms with E-state index >= 15 is 0 Å². The molecular weight excluding hydrogens is 238 g/mol. The molecule has 17 heavy (non-hydrogen) atoms. The molecule has 0 aromatic carbocycles. The highest BCUT2D eigenvalue weighted by atomic mass is 32.2. The molecule has 1 N–H and O–H groups in total. The highest BCUT2D eigenvalue weighted by Crippen LogP contribution is 2.11. The first-order valence-electron chi connectivity index (χ1n) is 6.45. The van der Waals surface area contributed by atoms with E-state index in [2.05, 4.69) is 12.2 Å². The first-order valence-corrected chi connectivity index (χ1v) is 8.28. The number of sulfone groups is 1. The third-order valence-corrected chi connectivity index (χ3v) is 4.79. The van der Waals surface area contributed by atoms with Crippen molar-refractivity contribution in [1.29, 1.82) is 0 Å². The summed E-state index contributed by atoms with van der Waals surface area (Å²) in [5.41, 5.74) is 0. The average Bonchev–Trinajstić information content (AvgIpc) is 2.32. The fourth-order valence-electron chi connectivity index (χ4n) is 1.67. The van der Waals surface area contributed by atoms with Crippen LogP contribution in [-0.4, -0.2) is 46.7 Å². The lowest BCUT2D eigenvalue weighted by molar-refractivity contribution is 0.197. The van der Waals surface area contributed by atoms with Gasteiger partial charge in [-0.3, -0.25) is 0 Å². The Balaban J connectivity index is 3.68. The SMILES string of the molecule is CCC(CCCS(=O)(=O)CC)CNCCOC. The molecule has 1 unspecified atom stereocenters. The van der Waals surface area contributed by atoms with Crippen LogP contribution >= 0.6 is 0 Å². The molecule has 5 heteroatoms. The number of hydrogen-bond acceptors (Lipinski definition) is 4. The maximum atomic E-state index is 11.3. The number of rotatable bonds is 11. The van der Waals surface area contributed by atoms with Gasteiger partial charge in [-0.15, -0.1) is 0 Å². The highest BCUT2D eigenvalue weighted by molar-refractivity contribution is 7.91. The van der Waals surface area contributed by atoms with Gasteiger partial charge in [-0.1, -0.05) is 20.3 Å². The van der Waals surface area contributed by atoms with E-state index in [1.807, 2.05) is 0 Å². The summed E-state index contributed by atoms with van der Waals surface area (Å²) in [5, 5.41) is 3.32. The molecule has 0 aliphatic heterocycles. The molecule has 0 saturated heterocycles. The molecular formula is C12H27NO3S. The van der Waals surface area contributed by atoms with Crippen molar-refractivity contribution in [3.05, 3.63) is 0 Å². The molecule has 104 valence electrons. The molecule has 4 nitrogen and oxygen atoms in total. The van der Waals surface area contributed by atoms with Gasteiger partial charge in [0.1, 0.15) is 9.84 Å². The van der Waals surface area contributed by atoms with Crippen LogP contribution in [0, 0.1) is 5.92 Å². The van der Waals surface area contributed by atoms with E-state index in [1.54, 1.807) is 14.0 Å². The van der Waals surface area contributed by atoms with Crippen LogP contribution in [-0.2, 0) is 14.6 Å². The van der Waals surface area contributed by atoms with Gasteiger partial charge in [-0.25, -0.2) is 8.42 Å². The lowest BCUT2D eigenvalue weighted by Gasteiger charge is -2.15. The van der Waals surface area contributed by atoms with Crippen molar-refractivity contribution >= 4 is 9.84 Å². The van der Waals surface area contributed by atoms with Crippen molar-refractivity contribution in [3.8, 4) is 0 Å². The normalized spacial score (nSPS) is 13.8. The monoisotopic (exact) mass is 265 g/mol. The third-order valence-electron chi connectivity index (χ3n) is 3.00. The lowest BCUT2D eigenvalue weighted by Crippen LogP contribution is -2.26. The summed E-state index contributed by atoms with van der Waals surface area (Å²) in [7, 11) is -1.10. The minimum Gasteiger partial charge on any atom is -0.383 e. The fraction of sp³-hybridized carbons (Fsp3) is 1.00. The van der Waals surface area contributed by atoms with Gasteiger partial charge in [0, 0.05) is 19.4 Å². The second kappa shape index (κ2) is 9.85. The van der Waals surface area contributed by atoms with Crippen molar-refractivity contribution in [2.45, 2.75) is 33.1 Å². The van der Waals surface area contributed by atoms with E-state index in [0.717, 1.165) is 39.0 Å². The van der Waals surface area contributed by atoms with E-state index in [0.29, 0.717) is 11.7 Å². The summed E-state index contributed by atoms with van der Waals surface area (Å²) < 4.78 is 27.6. The van der Waals surface area contributed by atoms with Crippen molar-refractivity contribution in [3.63, 3.8) is 0 Å². The van der Waals surface area contributed by atoms with Gasteiger partial charge < -0.3 is 10.1 Å². The maximum Gasteiger partial charge on any atom is 0.150 e. The Labute approximate surface area is 106 Å². The molecule has 0 spiro atoms. The van der Waals surface area contributed by atoms with Crippen molar-refractivity contribution in [1.82, 2.24) is 5.32 Å². The van der Waals surface area contributed by atoms with E-state index in [-0.39, 0.29) is 5.75 Å². The molecule has 0 bridgehead atoms. The second-order valence-electron chi connectivity index (χ2n) is 4.35. The van der Waals surface area contributed by atoms with Crippen LogP contribution in [0.1, 0.15) is 33.1 Å². The van der Waals surface area contributed by atoms with Crippen molar-refractivity contribution < 1.29 is 13.2 Å². The summed E-state index contributed by atoms with van der Waals surface area (Å²) in [5.74, 6) is 1.16. The van der Waals surface area contributed by atoms with E-state index in [1.165, 1.54) is 0 Å². The predicted octanol–water partition coefficient (Wildman–Crippen LogP) is 1.46. The molecule has 0 heterocycles. The van der Waals surface area contributed by atoms with Crippen LogP contribution < -0.4 is 5.32 Å². The summed E-state index contributed by atoms with van der Waals surface area (Å²) in [6.45, 7) is 6.39. The second-order valence-corrected chi connectivity index (χ2v) is 6.82. The topological polar surface area (TPSA) is 55.4 Å². The molecule has 0 aliphatic carbocycles. The van der Waals surface area contributed by atoms with E-state index in [4.69, 9.17) is 4.74 Å². The van der Waals surface area contributed by atoms with Gasteiger partial charge >= 0.3 is 0 Å². The lowest BCUT2D eigenvalue weighted by atomic mass is 10.0. The predicted molar refractivity (Wildman–Crippen MR) is 72.1 cm³/mol. The standard InChI is InChI=1S/C12H27NO3S/c1-4-12(11-13-8-9-16-3)7-6-10-17(14,15)5-2/h12-13H,4-11H2,1-3H3. The number of hydrogen-bond donors (Lipinski definition) is 1. The largest absolute Gasteiger partial charge is 0.383 e. The summed E-state index contributed by atoms with van der Waals surface area (Å²) in [6.07, 6.45) is 2.85. The molecule has 1 atom stereocenters. The third kappa shape index (κ3) is 9.56. The summed E-state index contributed by atoms with van der Waals surface area (Å²) >= 11 is 0. The van der Waals surface area contributed by atoms with Gasteiger partial charge in [0.2, 0.25) is 0 Å². The minimum atomic E-state index is -2.79. The van der Waals surface area contributed by atoms with Crippen LogP contribution in [0.4, 0.5) is 0 Å². The van der Waals surface area contributed by atoms with Gasteiger partial charge in [0.15, 0.2) is 0 Å². The Morgan fingerprint density at radius 3 is 2.53 bits per heavy atom. The number of ether oxygens (including phenoxy) is 1. The quantitative estimate of drug-likeness (QED) is 0.575. The maximum absolute atomic E-state index is 11.3. The molecule has 0 radical (unpaired) electrons. The first-order chi connectivity index (χ1) is 8.05. The molecule has 0 saturated carbocycles. The van der Waals surface area contributed by atoms with Crippen LogP contribution in [0.5, 0.6) is 0 Å². The molecule has 0 aliphatic rings. The van der Waals surface area contributed by atoms with Crippen LogP contribution in [0.15, 0.2) is 0 Å². The van der Waals surface area contributed by atoms with Crippen molar-refractivity contribution in [2.75, 3.05) is 38.3 Å².